The van der Waals surface area contributed by atoms with E-state index in [2.05, 4.69) is 34.1 Å². The van der Waals surface area contributed by atoms with E-state index >= 15 is 0 Å². The van der Waals surface area contributed by atoms with Gasteiger partial charge in [-0.05, 0) is 17.2 Å². The average Bonchev–Trinajstić information content (AvgIpc) is 2.34. The first-order chi connectivity index (χ1) is 7.83. The van der Waals surface area contributed by atoms with Crippen LogP contribution in [-0.2, 0) is 4.74 Å². The lowest BCUT2D eigenvalue weighted by molar-refractivity contribution is 0.136. The maximum Gasteiger partial charge on any atom is 0.108 e. The fraction of sp³-hybridized carbons (Fsp3) is 0.143. The Hall–Kier alpha value is -1.12. The molecule has 0 heterocycles. The highest BCUT2D eigenvalue weighted by molar-refractivity contribution is 9.10. The summed E-state index contributed by atoms with van der Waals surface area (Å²) in [6.45, 7) is 0. The minimum atomic E-state index is -0.0169. The molecule has 0 unspecified atom stereocenters. The van der Waals surface area contributed by atoms with Crippen LogP contribution in [0.1, 0.15) is 17.2 Å². The van der Waals surface area contributed by atoms with Crippen LogP contribution in [0.3, 0.4) is 0 Å². The molecule has 0 radical (unpaired) electrons. The Labute approximate surface area is 104 Å². The number of hydrogen-bond donors (Lipinski definition) is 0. The summed E-state index contributed by atoms with van der Waals surface area (Å²) in [4.78, 5) is 0. The maximum atomic E-state index is 5.57. The van der Waals surface area contributed by atoms with Crippen LogP contribution < -0.4 is 0 Å². The van der Waals surface area contributed by atoms with Crippen molar-refractivity contribution in [1.29, 1.82) is 0 Å². The monoisotopic (exact) mass is 276 g/mol. The van der Waals surface area contributed by atoms with Crippen molar-refractivity contribution in [3.05, 3.63) is 70.2 Å². The van der Waals surface area contributed by atoms with Crippen LogP contribution in [0.4, 0.5) is 0 Å². The van der Waals surface area contributed by atoms with Gasteiger partial charge in [0.05, 0.1) is 0 Å². The van der Waals surface area contributed by atoms with Gasteiger partial charge >= 0.3 is 0 Å². The standard InChI is InChI=1S/C14H13BrO/c1-16-14(11-7-3-2-4-8-11)12-9-5-6-10-13(12)15/h2-10,14H,1H3/t14-/m1/s1. The van der Waals surface area contributed by atoms with Gasteiger partial charge < -0.3 is 4.74 Å². The van der Waals surface area contributed by atoms with Crippen molar-refractivity contribution >= 4 is 15.9 Å². The van der Waals surface area contributed by atoms with E-state index in [-0.39, 0.29) is 6.10 Å². The highest BCUT2D eigenvalue weighted by Crippen LogP contribution is 2.30. The molecule has 16 heavy (non-hydrogen) atoms. The van der Waals surface area contributed by atoms with Gasteiger partial charge in [-0.15, -0.1) is 0 Å². The second-order valence-corrected chi connectivity index (χ2v) is 4.40. The van der Waals surface area contributed by atoms with E-state index in [1.54, 1.807) is 7.11 Å². The zero-order valence-corrected chi connectivity index (χ0v) is 10.6. The predicted octanol–water partition coefficient (Wildman–Crippen LogP) is 4.18. The third-order valence-electron chi connectivity index (χ3n) is 2.53. The van der Waals surface area contributed by atoms with Crippen molar-refractivity contribution in [3.63, 3.8) is 0 Å². The topological polar surface area (TPSA) is 9.23 Å². The van der Waals surface area contributed by atoms with Crippen LogP contribution >= 0.6 is 15.9 Å². The lowest BCUT2D eigenvalue weighted by Crippen LogP contribution is -2.03. The van der Waals surface area contributed by atoms with Gasteiger partial charge in [-0.25, -0.2) is 0 Å². The van der Waals surface area contributed by atoms with Gasteiger partial charge in [0.25, 0.3) is 0 Å². The van der Waals surface area contributed by atoms with Crippen molar-refractivity contribution in [2.45, 2.75) is 6.10 Å². The van der Waals surface area contributed by atoms with Crippen LogP contribution in [0.15, 0.2) is 59.1 Å². The smallest absolute Gasteiger partial charge is 0.108 e. The molecule has 0 fully saturated rings. The molecule has 0 aromatic heterocycles. The van der Waals surface area contributed by atoms with Crippen LogP contribution in [0.2, 0.25) is 0 Å². The molecule has 0 aliphatic carbocycles. The highest BCUT2D eigenvalue weighted by Gasteiger charge is 2.14. The zero-order chi connectivity index (χ0) is 11.4. The van der Waals surface area contributed by atoms with E-state index in [9.17, 15) is 0 Å². The Morgan fingerprint density at radius 1 is 0.938 bits per heavy atom. The van der Waals surface area contributed by atoms with Gasteiger partial charge in [-0.2, -0.15) is 0 Å². The van der Waals surface area contributed by atoms with Gasteiger partial charge in [-0.1, -0.05) is 64.5 Å². The lowest BCUT2D eigenvalue weighted by atomic mass is 10.0. The number of halogens is 1. The molecular formula is C14H13BrO. The summed E-state index contributed by atoms with van der Waals surface area (Å²) >= 11 is 3.55. The van der Waals surface area contributed by atoms with Crippen molar-refractivity contribution in [2.75, 3.05) is 7.11 Å². The molecule has 2 rings (SSSR count). The van der Waals surface area contributed by atoms with Crippen LogP contribution in [0.5, 0.6) is 0 Å². The summed E-state index contributed by atoms with van der Waals surface area (Å²) in [7, 11) is 1.73. The Balaban J connectivity index is 2.41. The fourth-order valence-electron chi connectivity index (χ4n) is 1.76. The normalized spacial score (nSPS) is 12.4. The molecule has 0 saturated heterocycles. The number of rotatable bonds is 3. The zero-order valence-electron chi connectivity index (χ0n) is 9.06. The van der Waals surface area contributed by atoms with E-state index in [0.29, 0.717) is 0 Å². The second-order valence-electron chi connectivity index (χ2n) is 3.55. The molecule has 0 amide bonds. The van der Waals surface area contributed by atoms with E-state index in [1.165, 1.54) is 0 Å². The minimum Gasteiger partial charge on any atom is -0.372 e. The van der Waals surface area contributed by atoms with E-state index < -0.39 is 0 Å². The quantitative estimate of drug-likeness (QED) is 0.817. The molecule has 0 saturated carbocycles. The maximum absolute atomic E-state index is 5.57. The molecule has 0 spiro atoms. The molecule has 2 aromatic rings. The molecule has 0 aliphatic rings. The Kier molecular flexibility index (Phi) is 3.75. The highest BCUT2D eigenvalue weighted by atomic mass is 79.9. The van der Waals surface area contributed by atoms with Gasteiger partial charge in [0, 0.05) is 11.6 Å². The van der Waals surface area contributed by atoms with Gasteiger partial charge in [-0.3, -0.25) is 0 Å². The number of benzene rings is 2. The predicted molar refractivity (Wildman–Crippen MR) is 69.4 cm³/mol. The van der Waals surface area contributed by atoms with Crippen LogP contribution in [0, 0.1) is 0 Å². The minimum absolute atomic E-state index is 0.0169. The summed E-state index contributed by atoms with van der Waals surface area (Å²) in [6.07, 6.45) is -0.0169. The molecule has 0 aliphatic heterocycles. The molecule has 2 heteroatoms. The van der Waals surface area contributed by atoms with Crippen molar-refractivity contribution in [3.8, 4) is 0 Å². The van der Waals surface area contributed by atoms with Crippen molar-refractivity contribution in [1.82, 2.24) is 0 Å². The first-order valence-corrected chi connectivity index (χ1v) is 5.94. The molecule has 0 bridgehead atoms. The Morgan fingerprint density at radius 3 is 2.19 bits per heavy atom. The molecule has 82 valence electrons. The van der Waals surface area contributed by atoms with Gasteiger partial charge in [0.1, 0.15) is 6.10 Å². The summed E-state index contributed by atoms with van der Waals surface area (Å²) in [5.74, 6) is 0. The molecule has 1 nitrogen and oxygen atoms in total. The average molecular weight is 277 g/mol. The number of ether oxygens (including phenoxy) is 1. The van der Waals surface area contributed by atoms with Gasteiger partial charge in [0.2, 0.25) is 0 Å². The Bertz CT molecular complexity index is 453. The largest absolute Gasteiger partial charge is 0.372 e. The van der Waals surface area contributed by atoms with E-state index in [1.807, 2.05) is 36.4 Å². The molecule has 0 N–H and O–H groups in total. The van der Waals surface area contributed by atoms with Crippen LogP contribution in [-0.4, -0.2) is 7.11 Å². The molecular weight excluding hydrogens is 264 g/mol. The number of methoxy groups -OCH3 is 1. The second kappa shape index (κ2) is 5.28. The summed E-state index contributed by atoms with van der Waals surface area (Å²) in [6, 6.07) is 18.4. The summed E-state index contributed by atoms with van der Waals surface area (Å²) < 4.78 is 6.65. The SMILES string of the molecule is CO[C@H](c1ccccc1)c1ccccc1Br. The third kappa shape index (κ3) is 2.34. The molecule has 2 aromatic carbocycles. The Morgan fingerprint density at radius 2 is 1.56 bits per heavy atom. The van der Waals surface area contributed by atoms with Crippen molar-refractivity contribution in [2.24, 2.45) is 0 Å². The fourth-order valence-corrected chi connectivity index (χ4v) is 2.25. The third-order valence-corrected chi connectivity index (χ3v) is 3.25. The van der Waals surface area contributed by atoms with Crippen LogP contribution in [0.25, 0.3) is 0 Å². The summed E-state index contributed by atoms with van der Waals surface area (Å²) in [5, 5.41) is 0. The van der Waals surface area contributed by atoms with Crippen molar-refractivity contribution < 1.29 is 4.74 Å². The van der Waals surface area contributed by atoms with E-state index in [0.717, 1.165) is 15.6 Å². The first kappa shape index (κ1) is 11.4. The van der Waals surface area contributed by atoms with Gasteiger partial charge in [0.15, 0.2) is 0 Å². The number of hydrogen-bond acceptors (Lipinski definition) is 1. The lowest BCUT2D eigenvalue weighted by Gasteiger charge is -2.17. The van der Waals surface area contributed by atoms with E-state index in [4.69, 9.17) is 4.74 Å². The first-order valence-electron chi connectivity index (χ1n) is 5.15. The molecule has 1 atom stereocenters. The summed E-state index contributed by atoms with van der Waals surface area (Å²) in [5.41, 5.74) is 2.31.